The summed E-state index contributed by atoms with van der Waals surface area (Å²) in [5.41, 5.74) is 0.192. The molecule has 2 aromatic heterocycles. The molecule has 1 amide bonds. The zero-order valence-corrected chi connectivity index (χ0v) is 22.6. The number of aliphatic hydroxyl groups is 1. The van der Waals surface area contributed by atoms with E-state index in [0.717, 1.165) is 0 Å². The van der Waals surface area contributed by atoms with Gasteiger partial charge in [-0.05, 0) is 32.3 Å². The maximum atomic E-state index is 13.8. The Bertz CT molecular complexity index is 1440. The lowest BCUT2D eigenvalue weighted by Crippen LogP contribution is -2.47. The highest BCUT2D eigenvalue weighted by atomic mass is 19.4. The number of hydrogen-bond acceptors (Lipinski definition) is 6. The van der Waals surface area contributed by atoms with Crippen molar-refractivity contribution in [1.82, 2.24) is 19.4 Å². The van der Waals surface area contributed by atoms with E-state index in [0.29, 0.717) is 43.6 Å². The summed E-state index contributed by atoms with van der Waals surface area (Å²) in [5, 5.41) is 12.4. The summed E-state index contributed by atoms with van der Waals surface area (Å²) in [4.78, 5) is 42.0. The summed E-state index contributed by atoms with van der Waals surface area (Å²) < 4.78 is 47.4. The summed E-state index contributed by atoms with van der Waals surface area (Å²) in [6.45, 7) is 2.51. The van der Waals surface area contributed by atoms with Crippen LogP contribution in [0.5, 0.6) is 5.75 Å². The van der Waals surface area contributed by atoms with Crippen LogP contribution in [-0.4, -0.2) is 69.0 Å². The number of ether oxygens (including phenoxy) is 1. The van der Waals surface area contributed by atoms with Crippen molar-refractivity contribution in [1.29, 1.82) is 0 Å². The van der Waals surface area contributed by atoms with E-state index in [1.54, 1.807) is 50.2 Å². The van der Waals surface area contributed by atoms with E-state index in [9.17, 15) is 32.7 Å². The number of fused-ring (bicyclic) bond motifs is 1. The van der Waals surface area contributed by atoms with Gasteiger partial charge in [0.15, 0.2) is 23.8 Å². The number of halogens is 3. The standard InChI is InChI=1S/C28H33F3N4O5/c1-4-20-14-21-23(27(39)35(20)15-22(37)18-8-6-5-7-9-18)25(40-16-28(29,30)31)24(33(21)3)26(38)32-19-10-12-34(13-11-19)17(2)36/h5-9,14,17,19,36H,4,10-13,15-16H2,1-3H3,(H,32,38). The van der Waals surface area contributed by atoms with Gasteiger partial charge in [0, 0.05) is 37.4 Å². The molecule has 1 saturated heterocycles. The van der Waals surface area contributed by atoms with Crippen LogP contribution in [0.4, 0.5) is 13.2 Å². The van der Waals surface area contributed by atoms with Crippen LogP contribution in [0, 0.1) is 0 Å². The number of ketones is 1. The maximum absolute atomic E-state index is 13.8. The van der Waals surface area contributed by atoms with Gasteiger partial charge in [-0.15, -0.1) is 0 Å². The molecule has 0 aliphatic carbocycles. The van der Waals surface area contributed by atoms with Gasteiger partial charge in [0.1, 0.15) is 11.6 Å². The average molecular weight is 563 g/mol. The molecular weight excluding hydrogens is 529 g/mol. The predicted molar refractivity (Wildman–Crippen MR) is 143 cm³/mol. The molecule has 1 aromatic carbocycles. The van der Waals surface area contributed by atoms with Crippen molar-refractivity contribution in [2.75, 3.05) is 19.7 Å². The third-order valence-corrected chi connectivity index (χ3v) is 7.25. The van der Waals surface area contributed by atoms with E-state index in [1.165, 1.54) is 16.2 Å². The molecule has 0 spiro atoms. The first-order chi connectivity index (χ1) is 18.9. The highest BCUT2D eigenvalue weighted by Crippen LogP contribution is 2.33. The van der Waals surface area contributed by atoms with Crippen LogP contribution >= 0.6 is 0 Å². The average Bonchev–Trinajstić information content (AvgIpc) is 3.20. The summed E-state index contributed by atoms with van der Waals surface area (Å²) in [6, 6.07) is 9.70. The van der Waals surface area contributed by atoms with E-state index in [-0.39, 0.29) is 35.0 Å². The number of likely N-dealkylation sites (tertiary alicyclic amines) is 1. The molecule has 40 heavy (non-hydrogen) atoms. The molecule has 4 rings (SSSR count). The Morgan fingerprint density at radius 2 is 1.82 bits per heavy atom. The van der Waals surface area contributed by atoms with Crippen molar-refractivity contribution in [3.63, 3.8) is 0 Å². The molecule has 0 saturated carbocycles. The van der Waals surface area contributed by atoms with Crippen LogP contribution in [0.25, 0.3) is 10.9 Å². The number of alkyl halides is 3. The zero-order chi connectivity index (χ0) is 29.2. The molecule has 9 nitrogen and oxygen atoms in total. The van der Waals surface area contributed by atoms with Crippen LogP contribution in [0.2, 0.25) is 0 Å². The molecular formula is C28H33F3N4O5. The Hall–Kier alpha value is -3.64. The lowest BCUT2D eigenvalue weighted by Gasteiger charge is -2.34. The highest BCUT2D eigenvalue weighted by molar-refractivity contribution is 6.04. The van der Waals surface area contributed by atoms with Crippen molar-refractivity contribution in [3.05, 3.63) is 63.7 Å². The molecule has 1 atom stereocenters. The second-order valence-corrected chi connectivity index (χ2v) is 9.99. The first-order valence-corrected chi connectivity index (χ1v) is 13.2. The first-order valence-electron chi connectivity index (χ1n) is 13.2. The summed E-state index contributed by atoms with van der Waals surface area (Å²) in [5.74, 6) is -1.48. The molecule has 1 unspecified atom stereocenters. The fourth-order valence-corrected chi connectivity index (χ4v) is 5.10. The second-order valence-electron chi connectivity index (χ2n) is 9.99. The van der Waals surface area contributed by atoms with Gasteiger partial charge < -0.3 is 24.3 Å². The molecule has 0 bridgehead atoms. The van der Waals surface area contributed by atoms with Gasteiger partial charge in [-0.25, -0.2) is 0 Å². The second kappa shape index (κ2) is 11.8. The SMILES string of the molecule is CCc1cc2c(c(OCC(F)(F)F)c(C(=O)NC3CCN(C(C)O)CC3)n2C)c(=O)n1CC(=O)c1ccccc1. The minimum atomic E-state index is -4.71. The Labute approximate surface area is 229 Å². The number of carbonyl (C=O) groups is 2. The van der Waals surface area contributed by atoms with Crippen LogP contribution < -0.4 is 15.6 Å². The van der Waals surface area contributed by atoms with E-state index in [4.69, 9.17) is 4.74 Å². The summed E-state index contributed by atoms with van der Waals surface area (Å²) >= 11 is 0. The molecule has 1 fully saturated rings. The fourth-order valence-electron chi connectivity index (χ4n) is 5.10. The molecule has 3 aromatic rings. The van der Waals surface area contributed by atoms with Crippen molar-refractivity contribution in [3.8, 4) is 5.75 Å². The summed E-state index contributed by atoms with van der Waals surface area (Å²) in [6.07, 6.45) is -3.90. The first kappa shape index (κ1) is 29.3. The molecule has 1 aliphatic heterocycles. The van der Waals surface area contributed by atoms with Crippen molar-refractivity contribution in [2.45, 2.75) is 58.1 Å². The van der Waals surface area contributed by atoms with Gasteiger partial charge in [0.25, 0.3) is 11.5 Å². The van der Waals surface area contributed by atoms with Gasteiger partial charge >= 0.3 is 6.18 Å². The minimum absolute atomic E-state index is 0.195. The number of Topliss-reactive ketones (excluding diaryl/α,β-unsaturated/α-hetero) is 1. The lowest BCUT2D eigenvalue weighted by atomic mass is 10.0. The normalized spacial score (nSPS) is 15.8. The smallest absolute Gasteiger partial charge is 0.422 e. The number of pyridine rings is 1. The quantitative estimate of drug-likeness (QED) is 0.388. The Morgan fingerprint density at radius 3 is 2.40 bits per heavy atom. The molecule has 216 valence electrons. The number of aliphatic hydroxyl groups excluding tert-OH is 1. The van der Waals surface area contributed by atoms with E-state index in [2.05, 4.69) is 5.32 Å². The largest absolute Gasteiger partial charge is 0.481 e. The van der Waals surface area contributed by atoms with E-state index >= 15 is 0 Å². The fraction of sp³-hybridized carbons (Fsp3) is 0.464. The lowest BCUT2D eigenvalue weighted by molar-refractivity contribution is -0.153. The van der Waals surface area contributed by atoms with Gasteiger partial charge in [-0.1, -0.05) is 37.3 Å². The third kappa shape index (κ3) is 6.23. The van der Waals surface area contributed by atoms with E-state index < -0.39 is 36.2 Å². The van der Waals surface area contributed by atoms with Crippen molar-refractivity contribution < 1.29 is 32.6 Å². The Balaban J connectivity index is 1.77. The molecule has 3 heterocycles. The number of aryl methyl sites for hydroxylation is 2. The molecule has 1 aliphatic rings. The van der Waals surface area contributed by atoms with Crippen LogP contribution in [0.1, 0.15) is 53.2 Å². The number of carbonyl (C=O) groups excluding carboxylic acids is 2. The number of aromatic nitrogens is 2. The third-order valence-electron chi connectivity index (χ3n) is 7.25. The van der Waals surface area contributed by atoms with Crippen LogP contribution in [0.3, 0.4) is 0 Å². The monoisotopic (exact) mass is 562 g/mol. The highest BCUT2D eigenvalue weighted by Gasteiger charge is 2.34. The van der Waals surface area contributed by atoms with E-state index in [1.807, 2.05) is 4.90 Å². The maximum Gasteiger partial charge on any atom is 0.422 e. The Kier molecular flexibility index (Phi) is 8.69. The number of amides is 1. The van der Waals surface area contributed by atoms with Crippen LogP contribution in [0.15, 0.2) is 41.2 Å². The molecule has 2 N–H and O–H groups in total. The van der Waals surface area contributed by atoms with Crippen molar-refractivity contribution >= 4 is 22.6 Å². The number of rotatable bonds is 9. The molecule has 0 radical (unpaired) electrons. The summed E-state index contributed by atoms with van der Waals surface area (Å²) in [7, 11) is 1.49. The topological polar surface area (TPSA) is 106 Å². The zero-order valence-electron chi connectivity index (χ0n) is 22.6. The van der Waals surface area contributed by atoms with Gasteiger partial charge in [0.05, 0.1) is 12.1 Å². The van der Waals surface area contributed by atoms with Gasteiger partial charge in [-0.2, -0.15) is 13.2 Å². The Morgan fingerprint density at radius 1 is 1.18 bits per heavy atom. The van der Waals surface area contributed by atoms with Gasteiger partial charge in [-0.3, -0.25) is 19.3 Å². The van der Waals surface area contributed by atoms with Crippen LogP contribution in [-0.2, 0) is 20.0 Å². The number of piperidine rings is 1. The predicted octanol–water partition coefficient (Wildman–Crippen LogP) is 3.26. The minimum Gasteiger partial charge on any atom is -0.481 e. The number of nitrogens with zero attached hydrogens (tertiary/aromatic N) is 3. The van der Waals surface area contributed by atoms with Crippen molar-refractivity contribution in [2.24, 2.45) is 7.05 Å². The molecule has 12 heteroatoms. The number of nitrogens with one attached hydrogen (secondary N) is 1. The number of benzene rings is 1. The number of hydrogen-bond donors (Lipinski definition) is 2. The van der Waals surface area contributed by atoms with Gasteiger partial charge in [0.2, 0.25) is 0 Å².